The smallest absolute Gasteiger partial charge is 0.111 e. The lowest BCUT2D eigenvalue weighted by atomic mass is 10.2. The molecule has 4 heteroatoms. The summed E-state index contributed by atoms with van der Waals surface area (Å²) in [4.78, 5) is 6.71. The van der Waals surface area contributed by atoms with Crippen LogP contribution in [0.3, 0.4) is 0 Å². The number of halogens is 1. The first-order valence-corrected chi connectivity index (χ1v) is 6.27. The van der Waals surface area contributed by atoms with E-state index in [4.69, 9.17) is 0 Å². The van der Waals surface area contributed by atoms with Crippen LogP contribution in [0.2, 0.25) is 0 Å². The number of nitrogens with zero attached hydrogens (tertiary/aromatic N) is 2. The number of rotatable bonds is 1. The first-order valence-electron chi connectivity index (χ1n) is 4.66. The van der Waals surface area contributed by atoms with E-state index >= 15 is 0 Å². The summed E-state index contributed by atoms with van der Waals surface area (Å²) in [5, 5.41) is 1.35. The van der Waals surface area contributed by atoms with Gasteiger partial charge in [-0.25, -0.2) is 0 Å². The Kier molecular flexibility index (Phi) is 2.66. The number of hydrogen-bond acceptors (Lipinski definition) is 3. The lowest BCUT2D eigenvalue weighted by Crippen LogP contribution is -2.32. The van der Waals surface area contributed by atoms with Crippen LogP contribution in [0.15, 0.2) is 8.78 Å². The van der Waals surface area contributed by atoms with Crippen molar-refractivity contribution < 1.29 is 0 Å². The fourth-order valence-electron chi connectivity index (χ4n) is 1.53. The van der Waals surface area contributed by atoms with Gasteiger partial charge < -0.3 is 4.90 Å². The van der Waals surface area contributed by atoms with Crippen LogP contribution in [-0.4, -0.2) is 18.9 Å². The van der Waals surface area contributed by atoms with Crippen molar-refractivity contribution in [1.29, 1.82) is 0 Å². The fourth-order valence-corrected chi connectivity index (χ4v) is 3.34. The minimum atomic E-state index is 0.510. The highest BCUT2D eigenvalue weighted by molar-refractivity contribution is 9.11. The van der Waals surface area contributed by atoms with Gasteiger partial charge in [-0.1, -0.05) is 0 Å². The van der Waals surface area contributed by atoms with E-state index in [0.717, 1.165) is 6.67 Å². The van der Waals surface area contributed by atoms with Crippen molar-refractivity contribution in [2.75, 3.05) is 11.6 Å². The van der Waals surface area contributed by atoms with Gasteiger partial charge in [0.05, 0.1) is 3.79 Å². The van der Waals surface area contributed by atoms with E-state index in [2.05, 4.69) is 46.6 Å². The third-order valence-corrected chi connectivity index (χ3v) is 4.67. The Morgan fingerprint density at radius 3 is 2.93 bits per heavy atom. The van der Waals surface area contributed by atoms with Gasteiger partial charge in [-0.15, -0.1) is 11.3 Å². The summed E-state index contributed by atoms with van der Waals surface area (Å²) in [7, 11) is 0. The molecule has 2 heterocycles. The summed E-state index contributed by atoms with van der Waals surface area (Å²) in [5.41, 5.74) is 2.58. The van der Waals surface area contributed by atoms with Crippen LogP contribution in [-0.2, 0) is 0 Å². The van der Waals surface area contributed by atoms with E-state index in [1.54, 1.807) is 11.3 Å². The zero-order valence-corrected chi connectivity index (χ0v) is 10.9. The Labute approximate surface area is 96.8 Å². The van der Waals surface area contributed by atoms with Gasteiger partial charge >= 0.3 is 0 Å². The van der Waals surface area contributed by atoms with Crippen molar-refractivity contribution in [3.05, 3.63) is 14.9 Å². The maximum atomic E-state index is 4.38. The van der Waals surface area contributed by atoms with E-state index in [9.17, 15) is 0 Å². The Morgan fingerprint density at radius 2 is 2.29 bits per heavy atom. The summed E-state index contributed by atoms with van der Waals surface area (Å²) in [6.07, 6.45) is 1.99. The molecule has 0 saturated heterocycles. The van der Waals surface area contributed by atoms with Crippen molar-refractivity contribution in [3.63, 3.8) is 0 Å². The molecule has 2 nitrogen and oxygen atoms in total. The molecule has 0 unspecified atom stereocenters. The van der Waals surface area contributed by atoms with Gasteiger partial charge in [0.2, 0.25) is 0 Å². The van der Waals surface area contributed by atoms with Gasteiger partial charge in [0, 0.05) is 17.8 Å². The Hall–Kier alpha value is -0.350. The van der Waals surface area contributed by atoms with Crippen LogP contribution in [0.5, 0.6) is 0 Å². The van der Waals surface area contributed by atoms with Gasteiger partial charge in [-0.3, -0.25) is 4.99 Å². The van der Waals surface area contributed by atoms with Crippen molar-refractivity contribution in [2.45, 2.75) is 26.8 Å². The third-order valence-electron chi connectivity index (χ3n) is 2.45. The highest BCUT2D eigenvalue weighted by Gasteiger charge is 2.21. The number of aliphatic imine (C=N–C) groups is 1. The molecular formula is C10H13BrN2S. The van der Waals surface area contributed by atoms with Crippen molar-refractivity contribution in [3.8, 4) is 0 Å². The molecule has 1 aromatic rings. The van der Waals surface area contributed by atoms with Crippen molar-refractivity contribution in [1.82, 2.24) is 0 Å². The van der Waals surface area contributed by atoms with Crippen molar-refractivity contribution >= 4 is 38.5 Å². The largest absolute Gasteiger partial charge is 0.341 e. The topological polar surface area (TPSA) is 15.6 Å². The summed E-state index contributed by atoms with van der Waals surface area (Å²) in [5.74, 6) is 0. The number of fused-ring (bicyclic) bond motifs is 1. The van der Waals surface area contributed by atoms with Crippen LogP contribution in [0.4, 0.5) is 5.00 Å². The van der Waals surface area contributed by atoms with E-state index in [1.165, 1.54) is 19.9 Å². The molecule has 0 aromatic carbocycles. The average molecular weight is 273 g/mol. The van der Waals surface area contributed by atoms with Gasteiger partial charge in [-0.05, 0) is 42.3 Å². The van der Waals surface area contributed by atoms with Crippen LogP contribution in [0, 0.1) is 6.92 Å². The lowest BCUT2D eigenvalue weighted by molar-refractivity contribution is 0.695. The lowest BCUT2D eigenvalue weighted by Gasteiger charge is -2.28. The molecule has 0 atom stereocenters. The first-order chi connectivity index (χ1) is 6.61. The fraction of sp³-hybridized carbons (Fsp3) is 0.500. The molecule has 1 aliphatic rings. The second kappa shape index (κ2) is 3.66. The van der Waals surface area contributed by atoms with Gasteiger partial charge in [0.25, 0.3) is 0 Å². The van der Waals surface area contributed by atoms with Gasteiger partial charge in [0.1, 0.15) is 11.7 Å². The molecule has 0 aliphatic carbocycles. The quantitative estimate of drug-likeness (QED) is 0.765. The molecule has 14 heavy (non-hydrogen) atoms. The number of thiophene rings is 1. The highest BCUT2D eigenvalue weighted by Crippen LogP contribution is 2.40. The number of hydrogen-bond donors (Lipinski definition) is 0. The molecule has 0 saturated carbocycles. The highest BCUT2D eigenvalue weighted by atomic mass is 79.9. The van der Waals surface area contributed by atoms with Crippen LogP contribution in [0.1, 0.15) is 25.0 Å². The zero-order chi connectivity index (χ0) is 10.3. The van der Waals surface area contributed by atoms with Gasteiger partial charge in [0.15, 0.2) is 0 Å². The summed E-state index contributed by atoms with van der Waals surface area (Å²) in [6, 6.07) is 0.510. The molecule has 0 radical (unpaired) electrons. The first kappa shape index (κ1) is 10.2. The molecule has 76 valence electrons. The Bertz CT molecular complexity index is 382. The maximum Gasteiger partial charge on any atom is 0.111 e. The van der Waals surface area contributed by atoms with E-state index < -0.39 is 0 Å². The molecule has 0 N–H and O–H groups in total. The van der Waals surface area contributed by atoms with Crippen LogP contribution in [0.25, 0.3) is 0 Å². The third kappa shape index (κ3) is 1.50. The molecule has 0 bridgehead atoms. The minimum Gasteiger partial charge on any atom is -0.341 e. The van der Waals surface area contributed by atoms with E-state index in [-0.39, 0.29) is 0 Å². The Morgan fingerprint density at radius 1 is 1.57 bits per heavy atom. The average Bonchev–Trinajstić information content (AvgIpc) is 2.43. The standard InChI is InChI=1S/C10H13BrN2S/c1-6(2)13-5-12-4-8-7(3)9(11)14-10(8)13/h4,6H,5H2,1-3H3. The molecule has 2 rings (SSSR count). The maximum absolute atomic E-state index is 4.38. The van der Waals surface area contributed by atoms with E-state index in [0.29, 0.717) is 6.04 Å². The molecule has 1 aliphatic heterocycles. The zero-order valence-electron chi connectivity index (χ0n) is 8.54. The normalized spacial score (nSPS) is 15.1. The summed E-state index contributed by atoms with van der Waals surface area (Å²) < 4.78 is 1.22. The van der Waals surface area contributed by atoms with Crippen LogP contribution < -0.4 is 4.90 Å². The monoisotopic (exact) mass is 272 g/mol. The van der Waals surface area contributed by atoms with Crippen molar-refractivity contribution in [2.24, 2.45) is 4.99 Å². The molecule has 1 aromatic heterocycles. The van der Waals surface area contributed by atoms with Gasteiger partial charge in [-0.2, -0.15) is 0 Å². The second-order valence-corrected chi connectivity index (χ2v) is 6.05. The summed E-state index contributed by atoms with van der Waals surface area (Å²) in [6.45, 7) is 7.33. The molecule has 0 fully saturated rings. The summed E-state index contributed by atoms with van der Waals surface area (Å²) >= 11 is 5.39. The minimum absolute atomic E-state index is 0.510. The molecule has 0 amide bonds. The number of anilines is 1. The van der Waals surface area contributed by atoms with E-state index in [1.807, 2.05) is 6.21 Å². The SMILES string of the molecule is Cc1c(Br)sc2c1C=NCN2C(C)C. The molecular weight excluding hydrogens is 260 g/mol. The molecule has 0 spiro atoms. The predicted molar refractivity (Wildman–Crippen MR) is 66.8 cm³/mol. The van der Waals surface area contributed by atoms with Crippen LogP contribution >= 0.6 is 27.3 Å². The predicted octanol–water partition coefficient (Wildman–Crippen LogP) is 3.42. The Balaban J connectivity index is 2.51. The second-order valence-electron chi connectivity index (χ2n) is 3.74.